The quantitative estimate of drug-likeness (QED) is 0.579. The molecular weight excluding hydrogens is 363 g/mol. The van der Waals surface area contributed by atoms with Crippen molar-refractivity contribution >= 4 is 40.5 Å². The number of benzene rings is 2. The molecule has 0 spiro atoms. The van der Waals surface area contributed by atoms with E-state index in [2.05, 4.69) is 19.4 Å². The van der Waals surface area contributed by atoms with Crippen molar-refractivity contribution in [2.24, 2.45) is 0 Å². The predicted octanol–water partition coefficient (Wildman–Crippen LogP) is 4.38. The third-order valence-corrected chi connectivity index (χ3v) is 4.13. The summed E-state index contributed by atoms with van der Waals surface area (Å²) < 4.78 is 5.94. The van der Waals surface area contributed by atoms with E-state index in [0.29, 0.717) is 21.9 Å². The van der Waals surface area contributed by atoms with Crippen molar-refractivity contribution in [2.45, 2.75) is 0 Å². The number of halogens is 2. The van der Waals surface area contributed by atoms with E-state index >= 15 is 0 Å². The Bertz CT molecular complexity index is 1070. The minimum absolute atomic E-state index is 0.342. The molecule has 0 atom stereocenters. The van der Waals surface area contributed by atoms with Crippen LogP contribution < -0.4 is 0 Å². The van der Waals surface area contributed by atoms with Gasteiger partial charge in [0.05, 0.1) is 34.0 Å². The molecule has 0 fully saturated rings. The molecule has 0 amide bonds. The Morgan fingerprint density at radius 1 is 1.16 bits per heavy atom. The number of aromatic nitrogens is 4. The smallest absolute Gasteiger partial charge is 0.343 e. The Morgan fingerprint density at radius 3 is 2.72 bits per heavy atom. The average molecular weight is 373 g/mol. The van der Waals surface area contributed by atoms with Crippen LogP contribution in [0.2, 0.25) is 5.02 Å². The molecule has 124 valence electrons. The minimum Gasteiger partial charge on any atom is -0.343 e. The van der Waals surface area contributed by atoms with Crippen molar-refractivity contribution < 1.29 is 9.08 Å². The minimum atomic E-state index is -0.615. The molecule has 0 radical (unpaired) electrons. The first kappa shape index (κ1) is 15.7. The molecule has 2 aromatic heterocycles. The zero-order valence-electron chi connectivity index (χ0n) is 12.6. The summed E-state index contributed by atoms with van der Waals surface area (Å²) in [6.07, 6.45) is 3.56. The number of carbonyl (C=O) groups excluding carboxylic acids is 1. The maximum Gasteiger partial charge on any atom is 0.356 e. The lowest BCUT2D eigenvalue weighted by molar-refractivity contribution is 0.0751. The summed E-state index contributed by atoms with van der Waals surface area (Å²) >= 11 is 11.0. The second kappa shape index (κ2) is 6.23. The lowest BCUT2D eigenvalue weighted by atomic mass is 10.2. The molecule has 25 heavy (non-hydrogen) atoms. The van der Waals surface area contributed by atoms with Gasteiger partial charge in [0, 0.05) is 11.2 Å². The Morgan fingerprint density at radius 2 is 1.96 bits per heavy atom. The maximum atomic E-state index is 11.5. The van der Waals surface area contributed by atoms with Crippen LogP contribution >= 0.6 is 23.5 Å². The zero-order valence-corrected chi connectivity index (χ0v) is 14.1. The Hall–Kier alpha value is -2.83. The molecule has 4 aromatic rings. The fourth-order valence-electron chi connectivity index (χ4n) is 2.50. The Kier molecular flexibility index (Phi) is 3.91. The molecule has 0 aliphatic rings. The lowest BCUT2D eigenvalue weighted by Crippen LogP contribution is -1.97. The highest BCUT2D eigenvalue weighted by Crippen LogP contribution is 2.23. The molecule has 0 saturated heterocycles. The summed E-state index contributed by atoms with van der Waals surface area (Å²) in [5.74, 6) is 0.0295. The highest BCUT2D eigenvalue weighted by molar-refractivity contribution is 6.30. The fraction of sp³-hybridized carbons (Fsp3) is 0. The van der Waals surface area contributed by atoms with E-state index in [9.17, 15) is 4.79 Å². The van der Waals surface area contributed by atoms with Gasteiger partial charge in [-0.1, -0.05) is 11.6 Å². The van der Waals surface area contributed by atoms with Crippen molar-refractivity contribution in [2.75, 3.05) is 0 Å². The van der Waals surface area contributed by atoms with Crippen LogP contribution in [-0.4, -0.2) is 25.7 Å². The molecule has 0 unspecified atom stereocenters. The summed E-state index contributed by atoms with van der Waals surface area (Å²) in [4.78, 5) is 19.2. The number of hydrogen-bond donors (Lipinski definition) is 1. The van der Waals surface area contributed by atoms with Gasteiger partial charge in [-0.2, -0.15) is 5.10 Å². The number of carbonyl (C=O) groups is 1. The maximum absolute atomic E-state index is 11.5. The molecule has 0 aliphatic carbocycles. The van der Waals surface area contributed by atoms with Crippen LogP contribution in [0.4, 0.5) is 0 Å². The average Bonchev–Trinajstić information content (AvgIpc) is 3.27. The van der Waals surface area contributed by atoms with Crippen LogP contribution in [0.25, 0.3) is 28.1 Å². The number of fused-ring (bicyclic) bond motifs is 1. The first-order chi connectivity index (χ1) is 12.1. The molecule has 2 heterocycles. The summed E-state index contributed by atoms with van der Waals surface area (Å²) in [6.45, 7) is 0. The van der Waals surface area contributed by atoms with E-state index in [-0.39, 0.29) is 0 Å². The molecule has 1 N–H and O–H groups in total. The van der Waals surface area contributed by atoms with E-state index in [4.69, 9.17) is 23.5 Å². The molecule has 6 nitrogen and oxygen atoms in total. The predicted molar refractivity (Wildman–Crippen MR) is 94.9 cm³/mol. The van der Waals surface area contributed by atoms with Crippen LogP contribution in [0.1, 0.15) is 10.4 Å². The van der Waals surface area contributed by atoms with Crippen LogP contribution in [0, 0.1) is 0 Å². The van der Waals surface area contributed by atoms with Crippen molar-refractivity contribution in [3.63, 3.8) is 0 Å². The largest absolute Gasteiger partial charge is 0.356 e. The second-order valence-electron chi connectivity index (χ2n) is 5.33. The van der Waals surface area contributed by atoms with Crippen LogP contribution in [-0.2, 0) is 4.29 Å². The van der Waals surface area contributed by atoms with E-state index in [1.165, 1.54) is 0 Å². The summed E-state index contributed by atoms with van der Waals surface area (Å²) in [6, 6.07) is 12.3. The highest BCUT2D eigenvalue weighted by Gasteiger charge is 2.12. The van der Waals surface area contributed by atoms with Gasteiger partial charge in [-0.15, -0.1) is 0 Å². The third kappa shape index (κ3) is 2.97. The van der Waals surface area contributed by atoms with Crippen molar-refractivity contribution in [1.82, 2.24) is 19.7 Å². The van der Waals surface area contributed by atoms with E-state index in [1.54, 1.807) is 41.2 Å². The lowest BCUT2D eigenvalue weighted by Gasteiger charge is -1.99. The van der Waals surface area contributed by atoms with E-state index < -0.39 is 5.97 Å². The normalized spacial score (nSPS) is 11.0. The molecule has 8 heteroatoms. The molecule has 2 aromatic carbocycles. The molecule has 0 aliphatic heterocycles. The van der Waals surface area contributed by atoms with Gasteiger partial charge < -0.3 is 9.27 Å². The number of hydrogen-bond acceptors (Lipinski definition) is 4. The van der Waals surface area contributed by atoms with E-state index in [1.807, 2.05) is 18.3 Å². The van der Waals surface area contributed by atoms with Gasteiger partial charge in [0.25, 0.3) is 0 Å². The molecular formula is C17H10Cl2N4O2. The third-order valence-electron chi connectivity index (χ3n) is 3.73. The van der Waals surface area contributed by atoms with Crippen LogP contribution in [0.15, 0.2) is 54.9 Å². The number of nitrogens with zero attached hydrogens (tertiary/aromatic N) is 3. The monoisotopic (exact) mass is 372 g/mol. The van der Waals surface area contributed by atoms with Crippen molar-refractivity contribution in [3.8, 4) is 17.1 Å². The second-order valence-corrected chi connectivity index (χ2v) is 5.92. The molecule has 0 saturated carbocycles. The zero-order chi connectivity index (χ0) is 17.4. The van der Waals surface area contributed by atoms with Gasteiger partial charge in [-0.05, 0) is 42.5 Å². The van der Waals surface area contributed by atoms with Gasteiger partial charge >= 0.3 is 5.97 Å². The Labute approximate surface area is 152 Å². The standard InChI is InChI=1S/C17H10Cl2N4O2/c18-12-2-4-13(5-3-12)23-9-11(8-20-23)16-21-14-6-1-10(17(24)25-19)7-15(14)22-16/h1-9H,(H,21,22). The number of imidazole rings is 1. The van der Waals surface area contributed by atoms with Crippen molar-refractivity contribution in [1.29, 1.82) is 0 Å². The number of aromatic amines is 1. The molecule has 4 rings (SSSR count). The first-order valence-electron chi connectivity index (χ1n) is 7.28. The summed E-state index contributed by atoms with van der Waals surface area (Å²) in [5.41, 5.74) is 3.47. The van der Waals surface area contributed by atoms with Crippen LogP contribution in [0.3, 0.4) is 0 Å². The number of H-pyrrole nitrogens is 1. The van der Waals surface area contributed by atoms with Gasteiger partial charge in [0.2, 0.25) is 0 Å². The highest BCUT2D eigenvalue weighted by atomic mass is 35.5. The first-order valence-corrected chi connectivity index (χ1v) is 7.96. The fourth-order valence-corrected chi connectivity index (χ4v) is 2.71. The molecule has 0 bridgehead atoms. The van der Waals surface area contributed by atoms with Gasteiger partial charge in [0.15, 0.2) is 0 Å². The SMILES string of the molecule is O=C(OCl)c1ccc2nc(-c3cnn(-c4ccc(Cl)cc4)c3)[nH]c2c1. The van der Waals surface area contributed by atoms with Gasteiger partial charge in [0.1, 0.15) is 17.7 Å². The van der Waals surface area contributed by atoms with Crippen molar-refractivity contribution in [3.05, 3.63) is 65.4 Å². The summed E-state index contributed by atoms with van der Waals surface area (Å²) in [5, 5.41) is 5.01. The van der Waals surface area contributed by atoms with Crippen LogP contribution in [0.5, 0.6) is 0 Å². The number of rotatable bonds is 3. The summed E-state index contributed by atoms with van der Waals surface area (Å²) in [7, 11) is 0. The van der Waals surface area contributed by atoms with E-state index in [0.717, 1.165) is 16.8 Å². The van der Waals surface area contributed by atoms with Gasteiger partial charge in [-0.25, -0.2) is 14.5 Å². The Balaban J connectivity index is 1.70. The van der Waals surface area contributed by atoms with Gasteiger partial charge in [-0.3, -0.25) is 0 Å². The number of nitrogens with one attached hydrogen (secondary N) is 1. The topological polar surface area (TPSA) is 72.8 Å².